The minimum Gasteiger partial charge on any atom is -0.348 e. The van der Waals surface area contributed by atoms with E-state index in [1.165, 1.54) is 22.7 Å². The standard InChI is InChI=1S/C11H14N4S/c1-9-4-3-5-10(8-9)6-7-15(2)11-12-13-14-16-11/h3-5,8H,6-7H2,1-2H3. The molecule has 0 atom stereocenters. The molecule has 0 aliphatic rings. The highest BCUT2D eigenvalue weighted by Crippen LogP contribution is 2.12. The molecule has 0 bridgehead atoms. The Hall–Kier alpha value is -1.49. The maximum atomic E-state index is 3.93. The minimum absolute atomic E-state index is 0.868. The molecule has 0 aliphatic carbocycles. The van der Waals surface area contributed by atoms with Gasteiger partial charge in [0.1, 0.15) is 0 Å². The van der Waals surface area contributed by atoms with Gasteiger partial charge in [-0.05, 0) is 24.1 Å². The predicted molar refractivity (Wildman–Crippen MR) is 65.9 cm³/mol. The van der Waals surface area contributed by atoms with E-state index in [1.807, 2.05) is 7.05 Å². The lowest BCUT2D eigenvalue weighted by molar-refractivity contribution is 0.848. The van der Waals surface area contributed by atoms with Crippen molar-refractivity contribution >= 4 is 16.7 Å². The molecule has 0 radical (unpaired) electrons. The molecule has 0 saturated carbocycles. The van der Waals surface area contributed by atoms with Gasteiger partial charge < -0.3 is 4.90 Å². The van der Waals surface area contributed by atoms with Crippen LogP contribution in [0.25, 0.3) is 0 Å². The summed E-state index contributed by atoms with van der Waals surface area (Å²) in [4.78, 5) is 2.08. The van der Waals surface area contributed by atoms with Gasteiger partial charge in [-0.15, -0.1) is 0 Å². The normalized spacial score (nSPS) is 10.4. The zero-order chi connectivity index (χ0) is 11.4. The molecule has 1 aromatic heterocycles. The fourth-order valence-electron chi connectivity index (χ4n) is 1.54. The molecule has 0 amide bonds. The van der Waals surface area contributed by atoms with E-state index in [0.717, 1.165) is 18.1 Å². The van der Waals surface area contributed by atoms with Crippen LogP contribution in [-0.4, -0.2) is 28.4 Å². The van der Waals surface area contributed by atoms with Crippen LogP contribution in [-0.2, 0) is 6.42 Å². The van der Waals surface area contributed by atoms with Crippen LogP contribution in [0.3, 0.4) is 0 Å². The summed E-state index contributed by atoms with van der Waals surface area (Å²) in [5.74, 6) is 0. The summed E-state index contributed by atoms with van der Waals surface area (Å²) in [6, 6.07) is 8.57. The zero-order valence-corrected chi connectivity index (χ0v) is 10.2. The SMILES string of the molecule is Cc1cccc(CCN(C)c2nnns2)c1. The summed E-state index contributed by atoms with van der Waals surface area (Å²) in [6.45, 7) is 3.04. The zero-order valence-electron chi connectivity index (χ0n) is 9.42. The molecule has 0 aliphatic heterocycles. The van der Waals surface area contributed by atoms with E-state index in [2.05, 4.69) is 50.9 Å². The lowest BCUT2D eigenvalue weighted by Gasteiger charge is -2.14. The Morgan fingerprint density at radius 1 is 1.38 bits per heavy atom. The number of rotatable bonds is 4. The lowest BCUT2D eigenvalue weighted by atomic mass is 10.1. The highest BCUT2D eigenvalue weighted by molar-refractivity contribution is 7.09. The average molecular weight is 234 g/mol. The fraction of sp³-hybridized carbons (Fsp3) is 0.364. The van der Waals surface area contributed by atoms with Gasteiger partial charge in [-0.3, -0.25) is 0 Å². The third-order valence-corrected chi connectivity index (χ3v) is 3.15. The fourth-order valence-corrected chi connectivity index (χ4v) is 1.99. The third kappa shape index (κ3) is 2.76. The molecule has 16 heavy (non-hydrogen) atoms. The Kier molecular flexibility index (Phi) is 3.46. The average Bonchev–Trinajstić information content (AvgIpc) is 2.79. The molecule has 2 rings (SSSR count). The Morgan fingerprint density at radius 2 is 2.25 bits per heavy atom. The van der Waals surface area contributed by atoms with Gasteiger partial charge in [-0.25, -0.2) is 0 Å². The molecule has 1 heterocycles. The van der Waals surface area contributed by atoms with Gasteiger partial charge in [0.2, 0.25) is 5.13 Å². The number of likely N-dealkylation sites (N-methyl/N-ethyl adjacent to an activating group) is 1. The van der Waals surface area contributed by atoms with E-state index in [9.17, 15) is 0 Å². The predicted octanol–water partition coefficient (Wildman–Crippen LogP) is 1.92. The van der Waals surface area contributed by atoms with Crippen molar-refractivity contribution in [2.24, 2.45) is 0 Å². The first-order valence-electron chi connectivity index (χ1n) is 5.17. The van der Waals surface area contributed by atoms with Gasteiger partial charge in [-0.2, -0.15) is 0 Å². The second-order valence-electron chi connectivity index (χ2n) is 3.81. The molecule has 1 aromatic carbocycles. The number of hydrogen-bond acceptors (Lipinski definition) is 5. The van der Waals surface area contributed by atoms with Crippen LogP contribution in [0.15, 0.2) is 24.3 Å². The monoisotopic (exact) mass is 234 g/mol. The maximum Gasteiger partial charge on any atom is 0.227 e. The highest BCUT2D eigenvalue weighted by Gasteiger charge is 2.05. The number of aryl methyl sites for hydroxylation is 1. The van der Waals surface area contributed by atoms with Crippen LogP contribution in [0.4, 0.5) is 5.13 Å². The van der Waals surface area contributed by atoms with Gasteiger partial charge in [0, 0.05) is 25.1 Å². The van der Waals surface area contributed by atoms with Crippen molar-refractivity contribution < 1.29 is 0 Å². The topological polar surface area (TPSA) is 41.9 Å². The molecule has 0 fully saturated rings. The van der Waals surface area contributed by atoms with Crippen molar-refractivity contribution in [3.8, 4) is 0 Å². The van der Waals surface area contributed by atoms with Crippen molar-refractivity contribution in [3.05, 3.63) is 35.4 Å². The second kappa shape index (κ2) is 5.03. The Labute approximate surface area is 99.1 Å². The first-order chi connectivity index (χ1) is 7.75. The first-order valence-corrected chi connectivity index (χ1v) is 5.95. The number of benzene rings is 1. The second-order valence-corrected chi connectivity index (χ2v) is 4.52. The minimum atomic E-state index is 0.868. The molecule has 0 spiro atoms. The van der Waals surface area contributed by atoms with E-state index < -0.39 is 0 Å². The molecular weight excluding hydrogens is 220 g/mol. The van der Waals surface area contributed by atoms with Crippen LogP contribution in [0.2, 0.25) is 0 Å². The summed E-state index contributed by atoms with van der Waals surface area (Å²) in [6.07, 6.45) is 1.01. The van der Waals surface area contributed by atoms with Crippen LogP contribution < -0.4 is 4.90 Å². The quantitative estimate of drug-likeness (QED) is 0.810. The largest absolute Gasteiger partial charge is 0.348 e. The summed E-state index contributed by atoms with van der Waals surface area (Å²) in [5, 5.41) is 8.39. The van der Waals surface area contributed by atoms with Crippen LogP contribution in [0, 0.1) is 6.92 Å². The summed E-state index contributed by atoms with van der Waals surface area (Å²) >= 11 is 1.32. The Bertz CT molecular complexity index is 441. The van der Waals surface area contributed by atoms with Crippen LogP contribution >= 0.6 is 11.5 Å². The molecule has 0 unspecified atom stereocenters. The molecular formula is C11H14N4S. The summed E-state index contributed by atoms with van der Waals surface area (Å²) in [7, 11) is 2.01. The van der Waals surface area contributed by atoms with Gasteiger partial charge in [0.05, 0.1) is 0 Å². The third-order valence-electron chi connectivity index (χ3n) is 2.43. The van der Waals surface area contributed by atoms with Gasteiger partial charge in [0.15, 0.2) is 0 Å². The van der Waals surface area contributed by atoms with Crippen LogP contribution in [0.1, 0.15) is 11.1 Å². The lowest BCUT2D eigenvalue weighted by Crippen LogP contribution is -2.20. The molecule has 0 N–H and O–H groups in total. The number of nitrogens with zero attached hydrogens (tertiary/aromatic N) is 4. The van der Waals surface area contributed by atoms with E-state index in [0.29, 0.717) is 0 Å². The molecule has 5 heteroatoms. The smallest absolute Gasteiger partial charge is 0.227 e. The van der Waals surface area contributed by atoms with Crippen molar-refractivity contribution in [2.75, 3.05) is 18.5 Å². The van der Waals surface area contributed by atoms with Crippen molar-refractivity contribution in [3.63, 3.8) is 0 Å². The van der Waals surface area contributed by atoms with Gasteiger partial charge in [-0.1, -0.05) is 39.4 Å². The molecule has 4 nitrogen and oxygen atoms in total. The van der Waals surface area contributed by atoms with Gasteiger partial charge in [0.25, 0.3) is 0 Å². The van der Waals surface area contributed by atoms with Crippen LogP contribution in [0.5, 0.6) is 0 Å². The summed E-state index contributed by atoms with van der Waals surface area (Å²) < 4.78 is 3.75. The van der Waals surface area contributed by atoms with Crippen molar-refractivity contribution in [1.29, 1.82) is 0 Å². The van der Waals surface area contributed by atoms with E-state index >= 15 is 0 Å². The number of hydrogen-bond donors (Lipinski definition) is 0. The number of aromatic nitrogens is 3. The summed E-state index contributed by atoms with van der Waals surface area (Å²) in [5.41, 5.74) is 2.65. The maximum absolute atomic E-state index is 3.93. The Balaban J connectivity index is 1.92. The molecule has 0 saturated heterocycles. The van der Waals surface area contributed by atoms with E-state index in [1.54, 1.807) is 0 Å². The van der Waals surface area contributed by atoms with Crippen molar-refractivity contribution in [1.82, 2.24) is 14.8 Å². The van der Waals surface area contributed by atoms with Gasteiger partial charge >= 0.3 is 0 Å². The molecule has 84 valence electrons. The van der Waals surface area contributed by atoms with E-state index in [-0.39, 0.29) is 0 Å². The van der Waals surface area contributed by atoms with Crippen molar-refractivity contribution in [2.45, 2.75) is 13.3 Å². The highest BCUT2D eigenvalue weighted by atomic mass is 32.1. The molecule has 2 aromatic rings. The first kappa shape index (κ1) is 11.0. The number of anilines is 1. The Morgan fingerprint density at radius 3 is 2.94 bits per heavy atom. The van der Waals surface area contributed by atoms with E-state index in [4.69, 9.17) is 0 Å².